The number of carbonyl (C=O) groups excluding carboxylic acids is 1. The number of hydrogen-bond donors (Lipinski definition) is 1. The molecule has 0 aromatic carbocycles. The Hall–Kier alpha value is -0.860. The van der Waals surface area contributed by atoms with E-state index in [0.717, 1.165) is 63.4 Å². The van der Waals surface area contributed by atoms with Gasteiger partial charge in [-0.3, -0.25) is 9.80 Å². The summed E-state index contributed by atoms with van der Waals surface area (Å²) in [4.78, 5) is 20.3. The highest BCUT2D eigenvalue weighted by Crippen LogP contribution is 2.23. The van der Waals surface area contributed by atoms with Crippen LogP contribution in [0.5, 0.6) is 0 Å². The van der Waals surface area contributed by atoms with Gasteiger partial charge in [0.2, 0.25) is 0 Å². The average molecular weight is 387 g/mol. The van der Waals surface area contributed by atoms with Crippen molar-refractivity contribution in [3.63, 3.8) is 0 Å². The highest BCUT2D eigenvalue weighted by molar-refractivity contribution is 7.16. The van der Waals surface area contributed by atoms with Crippen LogP contribution < -0.4 is 5.32 Å². The van der Waals surface area contributed by atoms with E-state index in [4.69, 9.17) is 16.3 Å². The maximum absolute atomic E-state index is 12.4. The summed E-state index contributed by atoms with van der Waals surface area (Å²) in [6.45, 7) is 10.6. The smallest absolute Gasteiger partial charge is 0.317 e. The van der Waals surface area contributed by atoms with Gasteiger partial charge in [-0.05, 0) is 19.1 Å². The van der Waals surface area contributed by atoms with E-state index in [2.05, 4.69) is 28.1 Å². The zero-order valence-electron chi connectivity index (χ0n) is 14.7. The standard InChI is InChI=1S/C17H27ClN4O2S/c1-14(21-8-10-24-11-9-21)12-19-17(23)22-6-4-20(5-7-22)13-15-2-3-16(18)25-15/h2-3,14H,4-13H2,1H3,(H,19,23). The summed E-state index contributed by atoms with van der Waals surface area (Å²) in [5.41, 5.74) is 0. The number of ether oxygens (including phenoxy) is 1. The summed E-state index contributed by atoms with van der Waals surface area (Å²) in [6.07, 6.45) is 0. The van der Waals surface area contributed by atoms with Crippen LogP contribution in [0.4, 0.5) is 4.79 Å². The van der Waals surface area contributed by atoms with Gasteiger partial charge in [0.05, 0.1) is 17.6 Å². The van der Waals surface area contributed by atoms with Crippen molar-refractivity contribution in [1.29, 1.82) is 0 Å². The van der Waals surface area contributed by atoms with Crippen molar-refractivity contribution < 1.29 is 9.53 Å². The van der Waals surface area contributed by atoms with Crippen molar-refractivity contribution in [3.8, 4) is 0 Å². The molecule has 6 nitrogen and oxygen atoms in total. The van der Waals surface area contributed by atoms with Crippen LogP contribution >= 0.6 is 22.9 Å². The number of halogens is 1. The molecular formula is C17H27ClN4O2S. The molecule has 2 amide bonds. The number of amides is 2. The van der Waals surface area contributed by atoms with Crippen LogP contribution in [-0.4, -0.2) is 85.8 Å². The summed E-state index contributed by atoms with van der Waals surface area (Å²) < 4.78 is 6.21. The monoisotopic (exact) mass is 386 g/mol. The molecule has 1 atom stereocenters. The number of morpholine rings is 1. The maximum Gasteiger partial charge on any atom is 0.317 e. The number of urea groups is 1. The Kier molecular flexibility index (Phi) is 6.95. The molecule has 0 radical (unpaired) electrons. The van der Waals surface area contributed by atoms with Crippen LogP contribution in [0.3, 0.4) is 0 Å². The van der Waals surface area contributed by atoms with Gasteiger partial charge in [-0.25, -0.2) is 4.79 Å². The molecule has 1 N–H and O–H groups in total. The molecule has 2 aliphatic rings. The van der Waals surface area contributed by atoms with Crippen LogP contribution in [-0.2, 0) is 11.3 Å². The Morgan fingerprint density at radius 2 is 1.96 bits per heavy atom. The van der Waals surface area contributed by atoms with Gasteiger partial charge in [0.1, 0.15) is 0 Å². The molecule has 25 heavy (non-hydrogen) atoms. The van der Waals surface area contributed by atoms with Crippen molar-refractivity contribution in [2.75, 3.05) is 59.0 Å². The summed E-state index contributed by atoms with van der Waals surface area (Å²) >= 11 is 7.62. The summed E-state index contributed by atoms with van der Waals surface area (Å²) in [7, 11) is 0. The van der Waals surface area contributed by atoms with Crippen LogP contribution in [0.2, 0.25) is 4.34 Å². The quantitative estimate of drug-likeness (QED) is 0.840. The normalized spacial score (nSPS) is 21.3. The van der Waals surface area contributed by atoms with E-state index in [0.29, 0.717) is 12.6 Å². The number of rotatable bonds is 5. The lowest BCUT2D eigenvalue weighted by molar-refractivity contribution is 0.0205. The Morgan fingerprint density at radius 3 is 2.60 bits per heavy atom. The second-order valence-electron chi connectivity index (χ2n) is 6.65. The number of piperazine rings is 1. The van der Waals surface area contributed by atoms with Crippen LogP contribution in [0.1, 0.15) is 11.8 Å². The fourth-order valence-electron chi connectivity index (χ4n) is 3.26. The fraction of sp³-hybridized carbons (Fsp3) is 0.706. The van der Waals surface area contributed by atoms with Gasteiger partial charge in [-0.1, -0.05) is 11.6 Å². The molecule has 0 spiro atoms. The summed E-state index contributed by atoms with van der Waals surface area (Å²) in [6, 6.07) is 4.43. The molecular weight excluding hydrogens is 360 g/mol. The third kappa shape index (κ3) is 5.56. The first kappa shape index (κ1) is 18.9. The van der Waals surface area contributed by atoms with Gasteiger partial charge >= 0.3 is 6.03 Å². The molecule has 3 heterocycles. The van der Waals surface area contributed by atoms with E-state index >= 15 is 0 Å². The van der Waals surface area contributed by atoms with E-state index in [1.807, 2.05) is 11.0 Å². The van der Waals surface area contributed by atoms with E-state index in [9.17, 15) is 4.79 Å². The first-order chi connectivity index (χ1) is 12.1. The minimum absolute atomic E-state index is 0.0546. The lowest BCUT2D eigenvalue weighted by Crippen LogP contribution is -2.54. The van der Waals surface area contributed by atoms with E-state index in [-0.39, 0.29) is 6.03 Å². The fourth-order valence-corrected chi connectivity index (χ4v) is 4.39. The predicted molar refractivity (Wildman–Crippen MR) is 101 cm³/mol. The number of thiophene rings is 1. The zero-order chi connectivity index (χ0) is 17.6. The largest absolute Gasteiger partial charge is 0.379 e. The SMILES string of the molecule is CC(CNC(=O)N1CCN(Cc2ccc(Cl)s2)CC1)N1CCOCC1. The molecule has 0 saturated carbocycles. The molecule has 1 aromatic heterocycles. The van der Waals surface area contributed by atoms with Crippen molar-refractivity contribution in [1.82, 2.24) is 20.0 Å². The van der Waals surface area contributed by atoms with Gasteiger partial charge in [0, 0.05) is 63.3 Å². The molecule has 1 aromatic rings. The highest BCUT2D eigenvalue weighted by atomic mass is 35.5. The van der Waals surface area contributed by atoms with Gasteiger partial charge in [0.25, 0.3) is 0 Å². The second kappa shape index (κ2) is 9.19. The van der Waals surface area contributed by atoms with Gasteiger partial charge in [-0.2, -0.15) is 0 Å². The van der Waals surface area contributed by atoms with Gasteiger partial charge in [-0.15, -0.1) is 11.3 Å². The lowest BCUT2D eigenvalue weighted by Gasteiger charge is -2.36. The Bertz CT molecular complexity index is 557. The van der Waals surface area contributed by atoms with Crippen LogP contribution in [0, 0.1) is 0 Å². The summed E-state index contributed by atoms with van der Waals surface area (Å²) in [5.74, 6) is 0. The minimum Gasteiger partial charge on any atom is -0.379 e. The average Bonchev–Trinajstić information content (AvgIpc) is 3.05. The number of nitrogens with one attached hydrogen (secondary N) is 1. The molecule has 8 heteroatoms. The van der Waals surface area contributed by atoms with Crippen molar-refractivity contribution >= 4 is 29.0 Å². The number of carbonyl (C=O) groups is 1. The van der Waals surface area contributed by atoms with Crippen molar-refractivity contribution in [2.45, 2.75) is 19.5 Å². The molecule has 1 unspecified atom stereocenters. The Labute approximate surface area is 158 Å². The Balaban J connectivity index is 1.36. The Morgan fingerprint density at radius 1 is 1.24 bits per heavy atom. The zero-order valence-corrected chi connectivity index (χ0v) is 16.3. The van der Waals surface area contributed by atoms with Gasteiger partial charge in [0.15, 0.2) is 0 Å². The first-order valence-corrected chi connectivity index (χ1v) is 10.1. The third-order valence-corrected chi connectivity index (χ3v) is 6.10. The molecule has 140 valence electrons. The van der Waals surface area contributed by atoms with E-state index in [1.165, 1.54) is 4.88 Å². The predicted octanol–water partition coefficient (Wildman–Crippen LogP) is 1.95. The molecule has 3 rings (SSSR count). The molecule has 0 aliphatic carbocycles. The topological polar surface area (TPSA) is 48.1 Å². The third-order valence-electron chi connectivity index (χ3n) is 4.89. The van der Waals surface area contributed by atoms with Crippen LogP contribution in [0.25, 0.3) is 0 Å². The molecule has 0 bridgehead atoms. The van der Waals surface area contributed by atoms with Gasteiger partial charge < -0.3 is 15.0 Å². The van der Waals surface area contributed by atoms with E-state index in [1.54, 1.807) is 11.3 Å². The highest BCUT2D eigenvalue weighted by Gasteiger charge is 2.23. The minimum atomic E-state index is 0.0546. The number of hydrogen-bond acceptors (Lipinski definition) is 5. The molecule has 2 aliphatic heterocycles. The number of nitrogens with zero attached hydrogens (tertiary/aromatic N) is 3. The van der Waals surface area contributed by atoms with Crippen molar-refractivity contribution in [2.24, 2.45) is 0 Å². The maximum atomic E-state index is 12.4. The first-order valence-electron chi connectivity index (χ1n) is 8.93. The van der Waals surface area contributed by atoms with E-state index < -0.39 is 0 Å². The second-order valence-corrected chi connectivity index (χ2v) is 8.45. The lowest BCUT2D eigenvalue weighted by atomic mass is 10.2. The summed E-state index contributed by atoms with van der Waals surface area (Å²) in [5, 5.41) is 3.09. The molecule has 2 fully saturated rings. The van der Waals surface area contributed by atoms with Crippen molar-refractivity contribution in [3.05, 3.63) is 21.3 Å². The van der Waals surface area contributed by atoms with Crippen LogP contribution in [0.15, 0.2) is 12.1 Å². The molecule has 2 saturated heterocycles.